The molecule has 0 aliphatic carbocycles. The van der Waals surface area contributed by atoms with E-state index in [-0.39, 0.29) is 0 Å². The van der Waals surface area contributed by atoms with E-state index in [0.29, 0.717) is 0 Å². The van der Waals surface area contributed by atoms with E-state index < -0.39 is 0 Å². The molecule has 1 aromatic carbocycles. The summed E-state index contributed by atoms with van der Waals surface area (Å²) in [6.45, 7) is 5.46. The zero-order valence-corrected chi connectivity index (χ0v) is 14.4. The Morgan fingerprint density at radius 3 is 2.62 bits per heavy atom. The van der Waals surface area contributed by atoms with Gasteiger partial charge in [0.15, 0.2) is 11.5 Å². The SMILES string of the molecule is Cc1nc(N2CCN(c3cncc4ncnn34)CC2)nc2ccccc12. The maximum absolute atomic E-state index is 4.76. The van der Waals surface area contributed by atoms with Gasteiger partial charge < -0.3 is 9.80 Å². The van der Waals surface area contributed by atoms with Gasteiger partial charge in [-0.05, 0) is 13.0 Å². The maximum atomic E-state index is 4.76. The summed E-state index contributed by atoms with van der Waals surface area (Å²) >= 11 is 0. The second-order valence-electron chi connectivity index (χ2n) is 6.40. The largest absolute Gasteiger partial charge is 0.352 e. The molecular weight excluding hydrogens is 328 g/mol. The Balaban J connectivity index is 1.40. The Hall–Kier alpha value is -3.29. The molecule has 0 N–H and O–H groups in total. The van der Waals surface area contributed by atoms with Crippen LogP contribution in [-0.2, 0) is 0 Å². The van der Waals surface area contributed by atoms with Gasteiger partial charge in [0.05, 0.1) is 23.6 Å². The Labute approximate surface area is 150 Å². The molecule has 3 aromatic heterocycles. The monoisotopic (exact) mass is 346 g/mol. The Kier molecular flexibility index (Phi) is 3.41. The number of nitrogens with zero attached hydrogens (tertiary/aromatic N) is 8. The highest BCUT2D eigenvalue weighted by atomic mass is 15.4. The van der Waals surface area contributed by atoms with Crippen molar-refractivity contribution in [1.82, 2.24) is 29.5 Å². The molecule has 130 valence electrons. The van der Waals surface area contributed by atoms with Crippen LogP contribution in [0.3, 0.4) is 0 Å². The van der Waals surface area contributed by atoms with Crippen molar-refractivity contribution in [3.05, 3.63) is 48.7 Å². The number of aromatic nitrogens is 6. The summed E-state index contributed by atoms with van der Waals surface area (Å²) in [6, 6.07) is 8.15. The summed E-state index contributed by atoms with van der Waals surface area (Å²) < 4.78 is 1.83. The van der Waals surface area contributed by atoms with Gasteiger partial charge in [0, 0.05) is 31.6 Å². The zero-order chi connectivity index (χ0) is 17.5. The normalized spacial score (nSPS) is 15.1. The van der Waals surface area contributed by atoms with E-state index in [9.17, 15) is 0 Å². The van der Waals surface area contributed by atoms with E-state index in [4.69, 9.17) is 9.97 Å². The van der Waals surface area contributed by atoms with Crippen LogP contribution in [0.25, 0.3) is 16.6 Å². The van der Waals surface area contributed by atoms with Crippen LogP contribution in [-0.4, -0.2) is 55.7 Å². The van der Waals surface area contributed by atoms with Gasteiger partial charge in [0.1, 0.15) is 6.33 Å². The molecule has 0 radical (unpaired) electrons. The lowest BCUT2D eigenvalue weighted by Gasteiger charge is -2.35. The van der Waals surface area contributed by atoms with E-state index in [1.54, 1.807) is 12.5 Å². The summed E-state index contributed by atoms with van der Waals surface area (Å²) in [7, 11) is 0. The predicted molar refractivity (Wildman–Crippen MR) is 99.5 cm³/mol. The van der Waals surface area contributed by atoms with Crippen LogP contribution in [0.4, 0.5) is 11.8 Å². The number of piperazine rings is 1. The molecule has 4 heterocycles. The number of hydrogen-bond acceptors (Lipinski definition) is 7. The van der Waals surface area contributed by atoms with Crippen LogP contribution in [0.5, 0.6) is 0 Å². The standard InChI is InChI=1S/C18H18N8/c1-13-14-4-2-3-5-15(14)23-18(22-13)25-8-6-24(7-9-25)17-11-19-10-16-20-12-21-26(16)17/h2-5,10-12H,6-9H2,1H3. The highest BCUT2D eigenvalue weighted by Gasteiger charge is 2.22. The highest BCUT2D eigenvalue weighted by Crippen LogP contribution is 2.21. The fraction of sp³-hybridized carbons (Fsp3) is 0.278. The van der Waals surface area contributed by atoms with E-state index in [2.05, 4.69) is 30.9 Å². The van der Waals surface area contributed by atoms with Crippen molar-refractivity contribution in [2.24, 2.45) is 0 Å². The van der Waals surface area contributed by atoms with Gasteiger partial charge in [-0.15, -0.1) is 0 Å². The minimum Gasteiger partial charge on any atom is -0.352 e. The zero-order valence-electron chi connectivity index (χ0n) is 14.4. The predicted octanol–water partition coefficient (Wildman–Crippen LogP) is 1.70. The number of para-hydroxylation sites is 1. The molecular formula is C18H18N8. The molecule has 5 rings (SSSR count). The third-order valence-electron chi connectivity index (χ3n) is 4.84. The van der Waals surface area contributed by atoms with Crippen molar-refractivity contribution in [3.8, 4) is 0 Å². The highest BCUT2D eigenvalue weighted by molar-refractivity contribution is 5.81. The molecule has 4 aromatic rings. The lowest BCUT2D eigenvalue weighted by atomic mass is 10.2. The van der Waals surface area contributed by atoms with Crippen molar-refractivity contribution >= 4 is 28.3 Å². The molecule has 0 spiro atoms. The van der Waals surface area contributed by atoms with Gasteiger partial charge in [-0.3, -0.25) is 4.98 Å². The molecule has 1 aliphatic heterocycles. The molecule has 0 bridgehead atoms. The fourth-order valence-electron chi connectivity index (χ4n) is 3.45. The number of anilines is 2. The van der Waals surface area contributed by atoms with Crippen LogP contribution < -0.4 is 9.80 Å². The van der Waals surface area contributed by atoms with E-state index in [1.807, 2.05) is 35.8 Å². The number of hydrogen-bond donors (Lipinski definition) is 0. The summed E-state index contributed by atoms with van der Waals surface area (Å²) in [4.78, 5) is 22.5. The third-order valence-corrected chi connectivity index (χ3v) is 4.84. The first kappa shape index (κ1) is 15.0. The Bertz CT molecular complexity index is 1080. The van der Waals surface area contributed by atoms with Gasteiger partial charge in [0.2, 0.25) is 5.95 Å². The molecule has 0 amide bonds. The summed E-state index contributed by atoms with van der Waals surface area (Å²) in [5, 5.41) is 5.41. The Morgan fingerprint density at radius 1 is 0.923 bits per heavy atom. The van der Waals surface area contributed by atoms with Crippen LogP contribution >= 0.6 is 0 Å². The van der Waals surface area contributed by atoms with Crippen molar-refractivity contribution in [1.29, 1.82) is 0 Å². The number of fused-ring (bicyclic) bond motifs is 2. The van der Waals surface area contributed by atoms with Crippen LogP contribution in [0.2, 0.25) is 0 Å². The summed E-state index contributed by atoms with van der Waals surface area (Å²) in [5.41, 5.74) is 2.78. The quantitative estimate of drug-likeness (QED) is 0.547. The number of aryl methyl sites for hydroxylation is 1. The van der Waals surface area contributed by atoms with Crippen molar-refractivity contribution in [2.45, 2.75) is 6.92 Å². The van der Waals surface area contributed by atoms with Crippen molar-refractivity contribution in [2.75, 3.05) is 36.0 Å². The van der Waals surface area contributed by atoms with Crippen molar-refractivity contribution < 1.29 is 0 Å². The van der Waals surface area contributed by atoms with Gasteiger partial charge in [0.25, 0.3) is 0 Å². The molecule has 0 atom stereocenters. The second kappa shape index (κ2) is 5.91. The van der Waals surface area contributed by atoms with Crippen LogP contribution in [0.15, 0.2) is 43.0 Å². The smallest absolute Gasteiger partial charge is 0.226 e. The van der Waals surface area contributed by atoms with E-state index >= 15 is 0 Å². The number of rotatable bonds is 2. The lowest BCUT2D eigenvalue weighted by Crippen LogP contribution is -2.47. The summed E-state index contributed by atoms with van der Waals surface area (Å²) in [5.74, 6) is 1.77. The van der Waals surface area contributed by atoms with Gasteiger partial charge in [-0.1, -0.05) is 18.2 Å². The molecule has 26 heavy (non-hydrogen) atoms. The van der Waals surface area contributed by atoms with Crippen molar-refractivity contribution in [3.63, 3.8) is 0 Å². The molecule has 8 heteroatoms. The molecule has 0 saturated carbocycles. The average Bonchev–Trinajstić information content (AvgIpc) is 3.17. The maximum Gasteiger partial charge on any atom is 0.226 e. The first-order chi connectivity index (χ1) is 12.8. The minimum absolute atomic E-state index is 0.762. The topological polar surface area (TPSA) is 75.3 Å². The first-order valence-corrected chi connectivity index (χ1v) is 8.66. The molecule has 0 unspecified atom stereocenters. The number of benzene rings is 1. The van der Waals surface area contributed by atoms with Crippen LogP contribution in [0, 0.1) is 6.92 Å². The molecule has 1 fully saturated rings. The van der Waals surface area contributed by atoms with Crippen LogP contribution in [0.1, 0.15) is 5.69 Å². The summed E-state index contributed by atoms with van der Waals surface area (Å²) in [6.07, 6.45) is 5.12. The van der Waals surface area contributed by atoms with Gasteiger partial charge >= 0.3 is 0 Å². The average molecular weight is 346 g/mol. The molecule has 8 nitrogen and oxygen atoms in total. The van der Waals surface area contributed by atoms with Gasteiger partial charge in [-0.25, -0.2) is 15.0 Å². The fourth-order valence-corrected chi connectivity index (χ4v) is 3.45. The molecule has 1 aliphatic rings. The van der Waals surface area contributed by atoms with E-state index in [0.717, 1.165) is 60.2 Å². The molecule has 1 saturated heterocycles. The lowest BCUT2D eigenvalue weighted by molar-refractivity contribution is 0.627. The second-order valence-corrected chi connectivity index (χ2v) is 6.40. The Morgan fingerprint density at radius 2 is 1.73 bits per heavy atom. The first-order valence-electron chi connectivity index (χ1n) is 8.66. The minimum atomic E-state index is 0.762. The third kappa shape index (κ3) is 2.42. The van der Waals surface area contributed by atoms with E-state index in [1.165, 1.54) is 0 Å². The van der Waals surface area contributed by atoms with Gasteiger partial charge in [-0.2, -0.15) is 9.61 Å².